The van der Waals surface area contributed by atoms with Crippen LogP contribution < -0.4 is 9.79 Å². The molecule has 2 aromatic carbocycles. The molecule has 1 N–H and O–H groups in total. The molecule has 1 saturated heterocycles. The van der Waals surface area contributed by atoms with Crippen molar-refractivity contribution in [1.82, 2.24) is 9.88 Å². The Morgan fingerprint density at radius 2 is 1.76 bits per heavy atom. The second-order valence-electron chi connectivity index (χ2n) is 10.0. The highest BCUT2D eigenvalue weighted by Gasteiger charge is 2.46. The minimum Gasteiger partial charge on any atom is -0.381 e. The Labute approximate surface area is 242 Å². The number of methoxy groups -OCH3 is 1. The van der Waals surface area contributed by atoms with Crippen LogP contribution in [0.3, 0.4) is 0 Å². The third kappa shape index (κ3) is 6.82. The van der Waals surface area contributed by atoms with Crippen LogP contribution in [0, 0.1) is 17.6 Å². The molecule has 0 radical (unpaired) electrons. The van der Waals surface area contributed by atoms with Crippen LogP contribution in [0.2, 0.25) is 0 Å². The molecule has 1 aromatic heterocycles. The predicted octanol–water partition coefficient (Wildman–Crippen LogP) is 5.11. The molecule has 3 aromatic rings. The zero-order chi connectivity index (χ0) is 30.9. The maximum absolute atomic E-state index is 15.1. The number of hydrogen-bond acceptors (Lipinski definition) is 9. The second-order valence-corrected chi connectivity index (χ2v) is 12.5. The highest BCUT2D eigenvalue weighted by molar-refractivity contribution is 7.92. The van der Waals surface area contributed by atoms with E-state index >= 15 is 8.78 Å². The van der Waals surface area contributed by atoms with E-state index in [1.165, 1.54) is 0 Å². The highest BCUT2D eigenvalue weighted by atomic mass is 32.2. The van der Waals surface area contributed by atoms with Crippen LogP contribution in [0.15, 0.2) is 52.2 Å². The molecule has 0 bridgehead atoms. The van der Waals surface area contributed by atoms with Crippen LogP contribution in [0.4, 0.5) is 33.5 Å². The summed E-state index contributed by atoms with van der Waals surface area (Å²) in [4.78, 5) is 19.5. The van der Waals surface area contributed by atoms with Gasteiger partial charge in [-0.05, 0) is 37.1 Å². The van der Waals surface area contributed by atoms with E-state index in [9.17, 15) is 26.4 Å². The standard InChI is InChI=1S/C26H27F5N4O5S2/c1-25(2,39-3)18-12-34(13-18)11-17-7-5-4-6-16(17)10-32-19-8-20(27)23(21(28)9-19)42(37,38)35(22-14-41-15-33-22)40-24(36)26(29,30)31/h4-9,14-15,18,32H,10-13H2,1-3H3. The van der Waals surface area contributed by atoms with Crippen LogP contribution >= 0.6 is 11.3 Å². The number of thiazole rings is 1. The molecule has 16 heteroatoms. The van der Waals surface area contributed by atoms with Gasteiger partial charge < -0.3 is 14.9 Å². The number of benzene rings is 2. The summed E-state index contributed by atoms with van der Waals surface area (Å²) in [6, 6.07) is 8.79. The summed E-state index contributed by atoms with van der Waals surface area (Å²) in [5, 5.41) is 3.77. The molecule has 0 unspecified atom stereocenters. The van der Waals surface area contributed by atoms with E-state index in [0.717, 1.165) is 46.4 Å². The van der Waals surface area contributed by atoms with Crippen molar-refractivity contribution in [2.45, 2.75) is 43.6 Å². The average Bonchev–Trinajstić information content (AvgIpc) is 3.41. The predicted molar refractivity (Wildman–Crippen MR) is 144 cm³/mol. The number of likely N-dealkylation sites (tertiary alicyclic amines) is 1. The van der Waals surface area contributed by atoms with Crippen LogP contribution in [0.25, 0.3) is 0 Å². The summed E-state index contributed by atoms with van der Waals surface area (Å²) in [6.45, 7) is 6.52. The second kappa shape index (κ2) is 12.1. The molecule has 0 atom stereocenters. The number of nitrogens with one attached hydrogen (secondary N) is 1. The summed E-state index contributed by atoms with van der Waals surface area (Å²) in [6.07, 6.45) is -5.59. The summed E-state index contributed by atoms with van der Waals surface area (Å²) < 4.78 is 99.7. The maximum atomic E-state index is 15.1. The third-order valence-corrected chi connectivity index (χ3v) is 9.12. The molecule has 9 nitrogen and oxygen atoms in total. The van der Waals surface area contributed by atoms with Crippen LogP contribution in [-0.4, -0.2) is 56.2 Å². The van der Waals surface area contributed by atoms with Gasteiger partial charge in [0, 0.05) is 50.3 Å². The van der Waals surface area contributed by atoms with E-state index in [-0.39, 0.29) is 17.8 Å². The Morgan fingerprint density at radius 1 is 1.14 bits per heavy atom. The van der Waals surface area contributed by atoms with Crippen LogP contribution in [-0.2, 0) is 37.5 Å². The van der Waals surface area contributed by atoms with Gasteiger partial charge in [0.15, 0.2) is 10.7 Å². The van der Waals surface area contributed by atoms with Crippen molar-refractivity contribution in [3.8, 4) is 0 Å². The average molecular weight is 635 g/mol. The quantitative estimate of drug-likeness (QED) is 0.230. The molecule has 0 spiro atoms. The number of nitrogens with zero attached hydrogens (tertiary/aromatic N) is 3. The number of anilines is 2. The fraction of sp³-hybridized carbons (Fsp3) is 0.385. The topological polar surface area (TPSA) is 101 Å². The van der Waals surface area contributed by atoms with E-state index in [4.69, 9.17) is 4.74 Å². The molecule has 0 aliphatic carbocycles. The first-order valence-corrected chi connectivity index (χ1v) is 14.8. The van der Waals surface area contributed by atoms with Gasteiger partial charge in [0.25, 0.3) is 0 Å². The number of aromatic nitrogens is 1. The first-order valence-electron chi connectivity index (χ1n) is 12.4. The smallest absolute Gasteiger partial charge is 0.381 e. The van der Waals surface area contributed by atoms with Crippen LogP contribution in [0.5, 0.6) is 0 Å². The molecule has 1 aliphatic heterocycles. The first-order chi connectivity index (χ1) is 19.6. The Bertz CT molecular complexity index is 1510. The number of carbonyl (C=O) groups is 1. The monoisotopic (exact) mass is 634 g/mol. The molecule has 4 rings (SSSR count). The fourth-order valence-electron chi connectivity index (χ4n) is 4.26. The minimum absolute atomic E-state index is 0.128. The third-order valence-electron chi connectivity index (χ3n) is 6.94. The lowest BCUT2D eigenvalue weighted by molar-refractivity contribution is -0.199. The SMILES string of the molecule is COC(C)(C)C1CN(Cc2ccccc2CNc2cc(F)c(S(=O)(=O)N(OC(=O)C(F)(F)F)c3cscn3)c(F)c2)C1. The maximum Gasteiger partial charge on any atom is 0.493 e. The molecular weight excluding hydrogens is 607 g/mol. The van der Waals surface area contributed by atoms with Crippen LogP contribution in [0.1, 0.15) is 25.0 Å². The summed E-state index contributed by atoms with van der Waals surface area (Å²) in [5.41, 5.74) is 2.46. The lowest BCUT2D eigenvalue weighted by atomic mass is 9.84. The molecule has 42 heavy (non-hydrogen) atoms. The van der Waals surface area contributed by atoms with Gasteiger partial charge in [-0.3, -0.25) is 4.90 Å². The zero-order valence-corrected chi connectivity index (χ0v) is 24.2. The van der Waals surface area contributed by atoms with Crippen molar-refractivity contribution in [2.24, 2.45) is 5.92 Å². The Kier molecular flexibility index (Phi) is 9.11. The number of halogens is 5. The largest absolute Gasteiger partial charge is 0.493 e. The number of sulfonamides is 1. The van der Waals surface area contributed by atoms with E-state index in [2.05, 4.69) is 20.0 Å². The van der Waals surface area contributed by atoms with Crippen molar-refractivity contribution in [1.29, 1.82) is 0 Å². The van der Waals surface area contributed by atoms with Gasteiger partial charge in [-0.15, -0.1) is 11.3 Å². The van der Waals surface area contributed by atoms with Gasteiger partial charge in [-0.25, -0.2) is 18.6 Å². The highest BCUT2D eigenvalue weighted by Crippen LogP contribution is 2.33. The van der Waals surface area contributed by atoms with Gasteiger partial charge in [-0.1, -0.05) is 28.7 Å². The number of rotatable bonds is 11. The Balaban J connectivity index is 1.51. The molecule has 228 valence electrons. The van der Waals surface area contributed by atoms with E-state index in [0.29, 0.717) is 24.6 Å². The fourth-order valence-corrected chi connectivity index (χ4v) is 6.12. The summed E-state index contributed by atoms with van der Waals surface area (Å²) in [7, 11) is -3.84. The molecule has 0 saturated carbocycles. The van der Waals surface area contributed by atoms with Crippen molar-refractivity contribution < 1.29 is 44.7 Å². The Morgan fingerprint density at radius 3 is 2.31 bits per heavy atom. The van der Waals surface area contributed by atoms with Gasteiger partial charge in [0.1, 0.15) is 11.6 Å². The first kappa shape index (κ1) is 31.6. The zero-order valence-electron chi connectivity index (χ0n) is 22.6. The van der Waals surface area contributed by atoms with Gasteiger partial charge in [0.05, 0.1) is 11.1 Å². The number of carbonyl (C=O) groups excluding carboxylic acids is 1. The van der Waals surface area contributed by atoms with Gasteiger partial charge in [-0.2, -0.15) is 21.6 Å². The minimum atomic E-state index is -5.59. The Hall–Kier alpha value is -3.34. The van der Waals surface area contributed by atoms with Crippen molar-refractivity contribution in [3.05, 3.63) is 70.1 Å². The molecule has 0 amide bonds. The lowest BCUT2D eigenvalue weighted by Crippen LogP contribution is -2.55. The van der Waals surface area contributed by atoms with E-state index in [1.54, 1.807) is 13.2 Å². The number of hydrogen-bond donors (Lipinski definition) is 1. The van der Waals surface area contributed by atoms with Crippen molar-refractivity contribution >= 4 is 38.8 Å². The van der Waals surface area contributed by atoms with E-state index in [1.807, 2.05) is 32.0 Å². The summed E-state index contributed by atoms with van der Waals surface area (Å²) in [5.74, 6) is -6.60. The number of ether oxygens (including phenoxy) is 1. The normalized spacial score (nSPS) is 14.9. The van der Waals surface area contributed by atoms with E-state index < -0.39 is 49.0 Å². The molecular formula is C26H27F5N4O5S2. The van der Waals surface area contributed by atoms with Crippen molar-refractivity contribution in [2.75, 3.05) is 30.0 Å². The molecule has 1 fully saturated rings. The van der Waals surface area contributed by atoms with Crippen molar-refractivity contribution in [3.63, 3.8) is 0 Å². The lowest BCUT2D eigenvalue weighted by Gasteiger charge is -2.47. The number of alkyl halides is 3. The summed E-state index contributed by atoms with van der Waals surface area (Å²) >= 11 is 0.745. The van der Waals surface area contributed by atoms with Gasteiger partial charge >= 0.3 is 22.2 Å². The molecule has 2 heterocycles. The molecule has 1 aliphatic rings. The van der Waals surface area contributed by atoms with Gasteiger partial charge in [0.2, 0.25) is 0 Å².